The quantitative estimate of drug-likeness (QED) is 0.750. The molecule has 1 aliphatic rings. The molecule has 1 unspecified atom stereocenters. The molecule has 1 aromatic rings. The molecule has 0 aromatic heterocycles. The minimum atomic E-state index is 0.446. The summed E-state index contributed by atoms with van der Waals surface area (Å²) in [5, 5.41) is 3.60. The molecule has 1 fully saturated rings. The van der Waals surface area contributed by atoms with E-state index in [1.165, 1.54) is 18.4 Å². The molecule has 1 aliphatic carbocycles. The van der Waals surface area contributed by atoms with E-state index in [0.29, 0.717) is 12.1 Å². The maximum Gasteiger partial charge on any atom is 0.0590 e. The second-order valence-electron chi connectivity index (χ2n) is 5.95. The van der Waals surface area contributed by atoms with Crippen molar-refractivity contribution >= 4 is 0 Å². The summed E-state index contributed by atoms with van der Waals surface area (Å²) in [5.41, 5.74) is 1.41. The lowest BCUT2D eigenvalue weighted by atomic mass is 10.0. The Morgan fingerprint density at radius 3 is 2.50 bits per heavy atom. The molecule has 2 rings (SSSR count). The Bertz CT molecular complexity index is 376. The summed E-state index contributed by atoms with van der Waals surface area (Å²) >= 11 is 0. The third-order valence-electron chi connectivity index (χ3n) is 3.87. The Morgan fingerprint density at radius 2 is 1.95 bits per heavy atom. The predicted molar refractivity (Wildman–Crippen MR) is 83.9 cm³/mol. The highest BCUT2D eigenvalue weighted by molar-refractivity contribution is 5.20. The van der Waals surface area contributed by atoms with Crippen LogP contribution < -0.4 is 5.32 Å². The van der Waals surface area contributed by atoms with Crippen LogP contribution in [0.1, 0.15) is 38.3 Å². The van der Waals surface area contributed by atoms with Gasteiger partial charge in [-0.2, -0.15) is 0 Å². The first kappa shape index (κ1) is 15.5. The van der Waals surface area contributed by atoms with Crippen LogP contribution in [0.15, 0.2) is 30.3 Å². The number of benzene rings is 1. The van der Waals surface area contributed by atoms with E-state index in [0.717, 1.165) is 25.7 Å². The van der Waals surface area contributed by atoms with Crippen LogP contribution in [0.3, 0.4) is 0 Å². The summed E-state index contributed by atoms with van der Waals surface area (Å²) in [7, 11) is 1.79. The van der Waals surface area contributed by atoms with Gasteiger partial charge in [0.2, 0.25) is 0 Å². The Morgan fingerprint density at radius 1 is 1.25 bits per heavy atom. The van der Waals surface area contributed by atoms with E-state index in [-0.39, 0.29) is 0 Å². The van der Waals surface area contributed by atoms with Gasteiger partial charge in [-0.1, -0.05) is 44.2 Å². The molecule has 0 radical (unpaired) electrons. The normalized spacial score (nSPS) is 16.9. The van der Waals surface area contributed by atoms with Crippen LogP contribution in [0.5, 0.6) is 0 Å². The van der Waals surface area contributed by atoms with E-state index < -0.39 is 0 Å². The van der Waals surface area contributed by atoms with Gasteiger partial charge >= 0.3 is 0 Å². The van der Waals surface area contributed by atoms with Crippen LogP contribution in [0, 0.1) is 0 Å². The summed E-state index contributed by atoms with van der Waals surface area (Å²) in [4.78, 5) is 2.62. The van der Waals surface area contributed by atoms with E-state index >= 15 is 0 Å². The van der Waals surface area contributed by atoms with Crippen LogP contribution in [-0.4, -0.2) is 43.8 Å². The van der Waals surface area contributed by atoms with Crippen molar-refractivity contribution in [1.82, 2.24) is 10.2 Å². The van der Waals surface area contributed by atoms with Gasteiger partial charge in [0, 0.05) is 38.3 Å². The molecule has 1 aromatic carbocycles. The summed E-state index contributed by atoms with van der Waals surface area (Å²) in [6.45, 7) is 7.24. The maximum atomic E-state index is 5.30. The van der Waals surface area contributed by atoms with Gasteiger partial charge in [-0.15, -0.1) is 0 Å². The smallest absolute Gasteiger partial charge is 0.0590 e. The van der Waals surface area contributed by atoms with E-state index in [4.69, 9.17) is 4.74 Å². The number of hydrogen-bond acceptors (Lipinski definition) is 3. The fourth-order valence-corrected chi connectivity index (χ4v) is 2.64. The zero-order chi connectivity index (χ0) is 14.4. The highest BCUT2D eigenvalue weighted by atomic mass is 16.5. The van der Waals surface area contributed by atoms with Crippen molar-refractivity contribution in [2.75, 3.05) is 26.8 Å². The number of rotatable bonds is 9. The minimum Gasteiger partial charge on any atom is -0.383 e. The van der Waals surface area contributed by atoms with Crippen LogP contribution in [0.4, 0.5) is 0 Å². The first-order chi connectivity index (χ1) is 9.72. The highest BCUT2D eigenvalue weighted by Gasteiger charge is 2.34. The number of nitrogens with one attached hydrogen (secondary N) is 1. The minimum absolute atomic E-state index is 0.446. The van der Waals surface area contributed by atoms with E-state index in [1.807, 2.05) is 0 Å². The predicted octanol–water partition coefficient (Wildman–Crippen LogP) is 2.84. The number of hydrogen-bond donors (Lipinski definition) is 1. The summed E-state index contributed by atoms with van der Waals surface area (Å²) < 4.78 is 5.30. The summed E-state index contributed by atoms with van der Waals surface area (Å²) in [6, 6.07) is 12.6. The topological polar surface area (TPSA) is 24.5 Å². The Hall–Kier alpha value is -0.900. The van der Waals surface area contributed by atoms with Crippen molar-refractivity contribution < 1.29 is 4.74 Å². The molecule has 1 N–H and O–H groups in total. The lowest BCUT2D eigenvalue weighted by molar-refractivity contribution is 0.111. The number of nitrogens with zero attached hydrogens (tertiary/aromatic N) is 1. The lowest BCUT2D eigenvalue weighted by Gasteiger charge is -2.33. The molecule has 20 heavy (non-hydrogen) atoms. The first-order valence-corrected chi connectivity index (χ1v) is 7.75. The van der Waals surface area contributed by atoms with E-state index in [9.17, 15) is 0 Å². The summed E-state index contributed by atoms with van der Waals surface area (Å²) in [5.74, 6) is 0. The van der Waals surface area contributed by atoms with Crippen molar-refractivity contribution in [3.05, 3.63) is 35.9 Å². The van der Waals surface area contributed by atoms with Crippen molar-refractivity contribution in [1.29, 1.82) is 0 Å². The van der Waals surface area contributed by atoms with Gasteiger partial charge in [0.05, 0.1) is 6.61 Å². The molecule has 112 valence electrons. The average Bonchev–Trinajstić information content (AvgIpc) is 3.27. The van der Waals surface area contributed by atoms with Crippen LogP contribution in [0.25, 0.3) is 0 Å². The lowest BCUT2D eigenvalue weighted by Crippen LogP contribution is -2.40. The molecule has 0 amide bonds. The molecule has 3 nitrogen and oxygen atoms in total. The van der Waals surface area contributed by atoms with Crippen molar-refractivity contribution in [3.63, 3.8) is 0 Å². The molecular formula is C17H28N2O. The molecular weight excluding hydrogens is 248 g/mol. The second kappa shape index (κ2) is 7.77. The van der Waals surface area contributed by atoms with Gasteiger partial charge in [-0.25, -0.2) is 0 Å². The van der Waals surface area contributed by atoms with Crippen molar-refractivity contribution in [2.45, 2.75) is 44.8 Å². The van der Waals surface area contributed by atoms with E-state index in [2.05, 4.69) is 54.4 Å². The standard InChI is InChI=1S/C17H28N2O/c1-14(2)18-13-17(15-7-5-4-6-8-15)19(11-12-20-3)16-9-10-16/h4-8,14,16-18H,9-13H2,1-3H3. The molecule has 0 aliphatic heterocycles. The Labute approximate surface area is 123 Å². The number of ether oxygens (including phenoxy) is 1. The molecule has 1 atom stereocenters. The van der Waals surface area contributed by atoms with Gasteiger partial charge in [0.25, 0.3) is 0 Å². The van der Waals surface area contributed by atoms with Crippen LogP contribution in [-0.2, 0) is 4.74 Å². The highest BCUT2D eigenvalue weighted by Crippen LogP contribution is 2.34. The fraction of sp³-hybridized carbons (Fsp3) is 0.647. The summed E-state index contributed by atoms with van der Waals surface area (Å²) in [6.07, 6.45) is 2.66. The molecule has 1 saturated carbocycles. The van der Waals surface area contributed by atoms with Crippen LogP contribution in [0.2, 0.25) is 0 Å². The molecule has 0 spiro atoms. The third-order valence-corrected chi connectivity index (χ3v) is 3.87. The van der Waals surface area contributed by atoms with Gasteiger partial charge < -0.3 is 10.1 Å². The molecule has 0 bridgehead atoms. The zero-order valence-corrected chi connectivity index (χ0v) is 13.0. The first-order valence-electron chi connectivity index (χ1n) is 7.75. The molecule has 3 heteroatoms. The maximum absolute atomic E-state index is 5.30. The SMILES string of the molecule is COCCN(C1CC1)C(CNC(C)C)c1ccccc1. The fourth-order valence-electron chi connectivity index (χ4n) is 2.64. The van der Waals surface area contributed by atoms with Gasteiger partial charge in [0.1, 0.15) is 0 Å². The Balaban J connectivity index is 2.10. The van der Waals surface area contributed by atoms with Crippen molar-refractivity contribution in [2.24, 2.45) is 0 Å². The van der Waals surface area contributed by atoms with Crippen molar-refractivity contribution in [3.8, 4) is 0 Å². The van der Waals surface area contributed by atoms with Gasteiger partial charge in [-0.3, -0.25) is 4.90 Å². The average molecular weight is 276 g/mol. The number of methoxy groups -OCH3 is 1. The monoisotopic (exact) mass is 276 g/mol. The van der Waals surface area contributed by atoms with Crippen LogP contribution >= 0.6 is 0 Å². The molecule has 0 saturated heterocycles. The molecule has 0 heterocycles. The second-order valence-corrected chi connectivity index (χ2v) is 5.95. The third kappa shape index (κ3) is 4.58. The van der Waals surface area contributed by atoms with Gasteiger partial charge in [0.15, 0.2) is 0 Å². The zero-order valence-electron chi connectivity index (χ0n) is 13.0. The largest absolute Gasteiger partial charge is 0.383 e. The van der Waals surface area contributed by atoms with E-state index in [1.54, 1.807) is 7.11 Å². The van der Waals surface area contributed by atoms with Gasteiger partial charge in [-0.05, 0) is 18.4 Å². The Kier molecular flexibility index (Phi) is 6.02.